The normalized spacial score (nSPS) is 15.2. The number of hydrogen-bond donors (Lipinski definition) is 1. The van der Waals surface area contributed by atoms with Gasteiger partial charge in [0.15, 0.2) is 11.5 Å². The molecule has 6 nitrogen and oxygen atoms in total. The highest BCUT2D eigenvalue weighted by atomic mass is 32.2. The first-order valence-electron chi connectivity index (χ1n) is 9.42. The lowest BCUT2D eigenvalue weighted by Crippen LogP contribution is -2.40. The molecular formula is C22H22N2O4S. The molecular weight excluding hydrogens is 388 g/mol. The van der Waals surface area contributed by atoms with Gasteiger partial charge in [-0.3, -0.25) is 4.79 Å². The largest absolute Gasteiger partial charge is 0.486 e. The van der Waals surface area contributed by atoms with Crippen molar-refractivity contribution in [1.82, 2.24) is 10.5 Å². The summed E-state index contributed by atoms with van der Waals surface area (Å²) in [6, 6.07) is 15.1. The average Bonchev–Trinajstić information content (AvgIpc) is 3.08. The van der Waals surface area contributed by atoms with Crippen molar-refractivity contribution in [3.63, 3.8) is 0 Å². The van der Waals surface area contributed by atoms with Crippen LogP contribution in [0.4, 0.5) is 0 Å². The number of fused-ring (bicyclic) bond motifs is 1. The first-order chi connectivity index (χ1) is 14.1. The van der Waals surface area contributed by atoms with Crippen molar-refractivity contribution in [2.24, 2.45) is 0 Å². The minimum absolute atomic E-state index is 0.130. The highest BCUT2D eigenvalue weighted by molar-refractivity contribution is 7.98. The van der Waals surface area contributed by atoms with Gasteiger partial charge in [-0.2, -0.15) is 0 Å². The number of thioether (sulfide) groups is 1. The maximum absolute atomic E-state index is 12.8. The molecule has 0 fully saturated rings. The highest BCUT2D eigenvalue weighted by Crippen LogP contribution is 2.31. The Bertz CT molecular complexity index is 998. The molecule has 1 unspecified atom stereocenters. The summed E-state index contributed by atoms with van der Waals surface area (Å²) >= 11 is 1.60. The quantitative estimate of drug-likeness (QED) is 0.616. The molecule has 1 aliphatic rings. The molecule has 0 saturated carbocycles. The van der Waals surface area contributed by atoms with Crippen LogP contribution in [0.3, 0.4) is 0 Å². The molecule has 0 aliphatic carbocycles. The van der Waals surface area contributed by atoms with Crippen LogP contribution in [0.1, 0.15) is 27.4 Å². The van der Waals surface area contributed by atoms with E-state index in [2.05, 4.69) is 10.5 Å². The van der Waals surface area contributed by atoms with Crippen LogP contribution >= 0.6 is 11.8 Å². The molecule has 1 aromatic heterocycles. The van der Waals surface area contributed by atoms with Crippen molar-refractivity contribution in [3.8, 4) is 11.5 Å². The van der Waals surface area contributed by atoms with Crippen LogP contribution in [0.2, 0.25) is 0 Å². The first-order valence-corrected chi connectivity index (χ1v) is 10.4. The number of aromatic nitrogens is 1. The lowest BCUT2D eigenvalue weighted by Gasteiger charge is -2.26. The van der Waals surface area contributed by atoms with Crippen LogP contribution in [0, 0.1) is 13.8 Å². The maximum atomic E-state index is 12.8. The molecule has 0 saturated heterocycles. The molecule has 4 rings (SSSR count). The van der Waals surface area contributed by atoms with Gasteiger partial charge in [-0.25, -0.2) is 0 Å². The van der Waals surface area contributed by atoms with Crippen LogP contribution in [0.5, 0.6) is 11.5 Å². The number of benzene rings is 2. The number of carbonyl (C=O) groups excluding carboxylic acids is 1. The van der Waals surface area contributed by atoms with Crippen LogP contribution in [-0.2, 0) is 5.75 Å². The Morgan fingerprint density at radius 2 is 1.90 bits per heavy atom. The van der Waals surface area contributed by atoms with Gasteiger partial charge in [0, 0.05) is 16.2 Å². The van der Waals surface area contributed by atoms with Crippen molar-refractivity contribution < 1.29 is 18.8 Å². The van der Waals surface area contributed by atoms with E-state index in [4.69, 9.17) is 14.0 Å². The van der Waals surface area contributed by atoms with E-state index in [1.165, 1.54) is 0 Å². The van der Waals surface area contributed by atoms with E-state index >= 15 is 0 Å². The molecule has 0 radical (unpaired) electrons. The summed E-state index contributed by atoms with van der Waals surface area (Å²) in [5.74, 6) is 2.81. The molecule has 1 aliphatic heterocycles. The van der Waals surface area contributed by atoms with Gasteiger partial charge in [0.2, 0.25) is 0 Å². The third-order valence-corrected chi connectivity index (χ3v) is 5.84. The summed E-state index contributed by atoms with van der Waals surface area (Å²) in [6.45, 7) is 4.60. The van der Waals surface area contributed by atoms with Gasteiger partial charge in [-0.05, 0) is 38.1 Å². The van der Waals surface area contributed by atoms with Gasteiger partial charge < -0.3 is 19.3 Å². The summed E-state index contributed by atoms with van der Waals surface area (Å²) in [4.78, 5) is 13.7. The molecule has 1 N–H and O–H groups in total. The van der Waals surface area contributed by atoms with Crippen molar-refractivity contribution >= 4 is 17.7 Å². The molecule has 2 aromatic carbocycles. The molecule has 7 heteroatoms. The van der Waals surface area contributed by atoms with Crippen molar-refractivity contribution in [1.29, 1.82) is 0 Å². The number of aryl methyl sites for hydroxylation is 2. The summed E-state index contributed by atoms with van der Waals surface area (Å²) < 4.78 is 16.8. The molecule has 3 aromatic rings. The lowest BCUT2D eigenvalue weighted by atomic mass is 10.2. The second-order valence-corrected chi connectivity index (χ2v) is 7.81. The zero-order valence-corrected chi connectivity index (χ0v) is 17.1. The summed E-state index contributed by atoms with van der Waals surface area (Å²) in [6.07, 6.45) is -0.226. The van der Waals surface area contributed by atoms with Crippen LogP contribution in [0.25, 0.3) is 0 Å². The van der Waals surface area contributed by atoms with E-state index in [9.17, 15) is 4.79 Å². The minimum atomic E-state index is -0.226. The number of nitrogens with one attached hydrogen (secondary N) is 1. The average molecular weight is 410 g/mol. The third kappa shape index (κ3) is 4.40. The summed E-state index contributed by atoms with van der Waals surface area (Å²) in [5.41, 5.74) is 2.59. The second-order valence-electron chi connectivity index (χ2n) is 6.80. The predicted molar refractivity (Wildman–Crippen MR) is 111 cm³/mol. The third-order valence-electron chi connectivity index (χ3n) is 4.74. The fraction of sp³-hybridized carbons (Fsp3) is 0.273. The van der Waals surface area contributed by atoms with Crippen LogP contribution in [0.15, 0.2) is 57.9 Å². The number of amides is 1. The van der Waals surface area contributed by atoms with E-state index in [-0.39, 0.29) is 12.0 Å². The smallest absolute Gasteiger partial charge is 0.252 e. The van der Waals surface area contributed by atoms with Gasteiger partial charge >= 0.3 is 0 Å². The Kier molecular flexibility index (Phi) is 5.76. The van der Waals surface area contributed by atoms with Gasteiger partial charge in [0.05, 0.1) is 17.8 Å². The minimum Gasteiger partial charge on any atom is -0.486 e. The van der Waals surface area contributed by atoms with E-state index in [1.54, 1.807) is 11.8 Å². The molecule has 0 spiro atoms. The fourth-order valence-electron chi connectivity index (χ4n) is 3.10. The number of ether oxygens (including phenoxy) is 2. The van der Waals surface area contributed by atoms with E-state index in [0.717, 1.165) is 27.7 Å². The molecule has 29 heavy (non-hydrogen) atoms. The lowest BCUT2D eigenvalue weighted by molar-refractivity contribution is 0.0787. The zero-order chi connectivity index (χ0) is 20.2. The van der Waals surface area contributed by atoms with Crippen molar-refractivity contribution in [3.05, 3.63) is 71.1 Å². The number of para-hydroxylation sites is 2. The number of nitrogens with zero attached hydrogens (tertiary/aromatic N) is 1. The summed E-state index contributed by atoms with van der Waals surface area (Å²) in [7, 11) is 0. The Hall–Kier alpha value is -2.93. The predicted octanol–water partition coefficient (Wildman–Crippen LogP) is 4.15. The van der Waals surface area contributed by atoms with Gasteiger partial charge in [0.25, 0.3) is 5.91 Å². The van der Waals surface area contributed by atoms with Crippen LogP contribution in [-0.4, -0.2) is 30.3 Å². The van der Waals surface area contributed by atoms with Gasteiger partial charge in [-0.1, -0.05) is 29.4 Å². The topological polar surface area (TPSA) is 73.6 Å². The van der Waals surface area contributed by atoms with Crippen molar-refractivity contribution in [2.75, 3.05) is 13.2 Å². The second kappa shape index (κ2) is 8.61. The zero-order valence-electron chi connectivity index (χ0n) is 16.3. The monoisotopic (exact) mass is 410 g/mol. The number of rotatable bonds is 6. The highest BCUT2D eigenvalue weighted by Gasteiger charge is 2.22. The molecule has 1 amide bonds. The SMILES string of the molecule is Cc1noc(C)c1CSc1ccccc1C(=O)NCC1COc2ccccc2O1. The Morgan fingerprint density at radius 3 is 2.69 bits per heavy atom. The number of hydrogen-bond acceptors (Lipinski definition) is 6. The molecule has 1 atom stereocenters. The fourth-order valence-corrected chi connectivity index (χ4v) is 4.31. The Labute approximate surface area is 173 Å². The number of carbonyl (C=O) groups is 1. The van der Waals surface area contributed by atoms with Gasteiger partial charge in [-0.15, -0.1) is 11.8 Å². The Morgan fingerprint density at radius 1 is 1.14 bits per heavy atom. The first kappa shape index (κ1) is 19.4. The molecule has 150 valence electrons. The Balaban J connectivity index is 1.38. The van der Waals surface area contributed by atoms with E-state index in [0.29, 0.717) is 30.2 Å². The van der Waals surface area contributed by atoms with Gasteiger partial charge in [0.1, 0.15) is 18.5 Å². The molecule has 2 heterocycles. The van der Waals surface area contributed by atoms with Crippen LogP contribution < -0.4 is 14.8 Å². The maximum Gasteiger partial charge on any atom is 0.252 e. The standard InChI is InChI=1S/C22H22N2O4S/c1-14-18(15(2)28-24-14)13-29-21-10-6-3-7-17(21)22(25)23-11-16-12-26-19-8-4-5-9-20(19)27-16/h3-10,16H,11-13H2,1-2H3,(H,23,25). The summed E-state index contributed by atoms with van der Waals surface area (Å²) in [5, 5.41) is 6.96. The van der Waals surface area contributed by atoms with E-state index < -0.39 is 0 Å². The molecule has 0 bridgehead atoms. The van der Waals surface area contributed by atoms with E-state index in [1.807, 2.05) is 62.4 Å². The van der Waals surface area contributed by atoms with Crippen molar-refractivity contribution in [2.45, 2.75) is 30.6 Å².